The summed E-state index contributed by atoms with van der Waals surface area (Å²) in [5.41, 5.74) is 2.01. The Morgan fingerprint density at radius 1 is 1.25 bits per heavy atom. The van der Waals surface area contributed by atoms with Gasteiger partial charge in [-0.15, -0.1) is 5.10 Å². The zero-order valence-electron chi connectivity index (χ0n) is 14.7. The molecule has 0 radical (unpaired) electrons. The first-order valence-corrected chi connectivity index (χ1v) is 8.21. The lowest BCUT2D eigenvalue weighted by atomic mass is 10.2. The van der Waals surface area contributed by atoms with E-state index in [1.54, 1.807) is 4.68 Å². The van der Waals surface area contributed by atoms with E-state index in [1.165, 1.54) is 0 Å². The average Bonchev–Trinajstić information content (AvgIpc) is 2.99. The molecule has 1 aromatic carbocycles. The lowest BCUT2D eigenvalue weighted by molar-refractivity contribution is 0.0948. The van der Waals surface area contributed by atoms with E-state index in [0.29, 0.717) is 25.2 Å². The molecule has 7 heteroatoms. The summed E-state index contributed by atoms with van der Waals surface area (Å²) in [4.78, 5) is 12.2. The van der Waals surface area contributed by atoms with Crippen LogP contribution in [0.4, 0.5) is 0 Å². The molecule has 0 atom stereocenters. The molecule has 0 saturated heterocycles. The van der Waals surface area contributed by atoms with Crippen LogP contribution in [0.3, 0.4) is 0 Å². The maximum absolute atomic E-state index is 12.2. The number of carbonyl (C=O) groups is 1. The molecule has 7 nitrogen and oxygen atoms in total. The first-order valence-electron chi connectivity index (χ1n) is 8.21. The van der Waals surface area contributed by atoms with E-state index >= 15 is 0 Å². The van der Waals surface area contributed by atoms with Gasteiger partial charge in [0.25, 0.3) is 5.91 Å². The Hall–Kier alpha value is -2.41. The van der Waals surface area contributed by atoms with Gasteiger partial charge in [0, 0.05) is 13.1 Å². The minimum absolute atomic E-state index is 0.126. The number of benzene rings is 1. The van der Waals surface area contributed by atoms with Gasteiger partial charge in [0.2, 0.25) is 0 Å². The first-order chi connectivity index (χ1) is 11.6. The van der Waals surface area contributed by atoms with Crippen LogP contribution in [0.2, 0.25) is 0 Å². The number of ether oxygens (including phenoxy) is 1. The second-order valence-corrected chi connectivity index (χ2v) is 5.67. The van der Waals surface area contributed by atoms with E-state index in [1.807, 2.05) is 52.1 Å². The molecule has 0 aliphatic carbocycles. The van der Waals surface area contributed by atoms with Crippen LogP contribution in [0.25, 0.3) is 5.69 Å². The Labute approximate surface area is 142 Å². The highest BCUT2D eigenvalue weighted by Gasteiger charge is 2.19. The summed E-state index contributed by atoms with van der Waals surface area (Å²) in [5, 5.41) is 14.0. The molecule has 24 heavy (non-hydrogen) atoms. The predicted octanol–water partition coefficient (Wildman–Crippen LogP) is 1.57. The zero-order chi connectivity index (χ0) is 17.5. The van der Waals surface area contributed by atoms with Gasteiger partial charge in [-0.2, -0.15) is 0 Å². The van der Waals surface area contributed by atoms with Gasteiger partial charge < -0.3 is 15.4 Å². The minimum Gasteiger partial charge on any atom is -0.491 e. The Bertz CT molecular complexity index is 664. The molecule has 0 aliphatic rings. The largest absolute Gasteiger partial charge is 0.491 e. The fourth-order valence-electron chi connectivity index (χ4n) is 2.33. The van der Waals surface area contributed by atoms with Crippen LogP contribution in [0.15, 0.2) is 24.3 Å². The van der Waals surface area contributed by atoms with Gasteiger partial charge in [-0.25, -0.2) is 4.68 Å². The van der Waals surface area contributed by atoms with Gasteiger partial charge in [-0.3, -0.25) is 4.79 Å². The van der Waals surface area contributed by atoms with E-state index in [4.69, 9.17) is 4.74 Å². The second-order valence-electron chi connectivity index (χ2n) is 5.67. The highest BCUT2D eigenvalue weighted by atomic mass is 16.5. The molecular formula is C17H25N5O2. The van der Waals surface area contributed by atoms with Crippen molar-refractivity contribution in [2.75, 3.05) is 20.1 Å². The van der Waals surface area contributed by atoms with Crippen LogP contribution in [0, 0.1) is 0 Å². The molecule has 2 rings (SSSR count). The van der Waals surface area contributed by atoms with Crippen molar-refractivity contribution in [1.82, 2.24) is 25.6 Å². The maximum Gasteiger partial charge on any atom is 0.273 e. The molecule has 2 aromatic rings. The summed E-state index contributed by atoms with van der Waals surface area (Å²) in [6.07, 6.45) is 0.785. The number of hydrogen-bond acceptors (Lipinski definition) is 5. The number of carbonyl (C=O) groups excluding carboxylic acids is 1. The van der Waals surface area contributed by atoms with Crippen molar-refractivity contribution in [2.24, 2.45) is 0 Å². The summed E-state index contributed by atoms with van der Waals surface area (Å²) < 4.78 is 7.35. The quantitative estimate of drug-likeness (QED) is 0.718. The number of rotatable bonds is 8. The van der Waals surface area contributed by atoms with Gasteiger partial charge in [0.05, 0.1) is 17.5 Å². The Kier molecular flexibility index (Phi) is 6.31. The monoisotopic (exact) mass is 331 g/mol. The highest BCUT2D eigenvalue weighted by Crippen LogP contribution is 2.18. The van der Waals surface area contributed by atoms with E-state index < -0.39 is 0 Å². The Morgan fingerprint density at radius 2 is 1.96 bits per heavy atom. The van der Waals surface area contributed by atoms with Crippen LogP contribution in [-0.2, 0) is 6.42 Å². The third kappa shape index (κ3) is 4.32. The molecule has 0 unspecified atom stereocenters. The molecule has 0 spiro atoms. The SMILES string of the molecule is CCc1c(C(=O)NCCNC)nnn1-c1ccc(OC(C)C)cc1. The van der Waals surface area contributed by atoms with Crippen molar-refractivity contribution in [3.05, 3.63) is 35.7 Å². The minimum atomic E-state index is -0.201. The van der Waals surface area contributed by atoms with Crippen LogP contribution in [0.1, 0.15) is 37.0 Å². The number of aromatic nitrogens is 3. The number of amides is 1. The standard InChI is InChI=1S/C17H25N5O2/c1-5-15-16(17(23)19-11-10-18-4)20-21-22(15)13-6-8-14(9-7-13)24-12(2)3/h6-9,12,18H,5,10-11H2,1-4H3,(H,19,23). The van der Waals surface area contributed by atoms with E-state index in [0.717, 1.165) is 17.1 Å². The number of hydrogen-bond donors (Lipinski definition) is 2. The van der Waals surface area contributed by atoms with Crippen molar-refractivity contribution < 1.29 is 9.53 Å². The number of nitrogens with zero attached hydrogens (tertiary/aromatic N) is 3. The van der Waals surface area contributed by atoms with Crippen LogP contribution < -0.4 is 15.4 Å². The number of likely N-dealkylation sites (N-methyl/N-ethyl adjacent to an activating group) is 1. The molecule has 1 amide bonds. The van der Waals surface area contributed by atoms with E-state index in [-0.39, 0.29) is 12.0 Å². The second kappa shape index (κ2) is 8.44. The van der Waals surface area contributed by atoms with Crippen LogP contribution in [-0.4, -0.2) is 47.1 Å². The summed E-state index contributed by atoms with van der Waals surface area (Å²) in [6.45, 7) is 7.21. The molecule has 1 heterocycles. The van der Waals surface area contributed by atoms with Crippen molar-refractivity contribution in [1.29, 1.82) is 0 Å². The van der Waals surface area contributed by atoms with Gasteiger partial charge in [0.15, 0.2) is 5.69 Å². The Balaban J connectivity index is 2.20. The highest BCUT2D eigenvalue weighted by molar-refractivity contribution is 5.93. The molecule has 1 aromatic heterocycles. The predicted molar refractivity (Wildman–Crippen MR) is 92.8 cm³/mol. The summed E-state index contributed by atoms with van der Waals surface area (Å²) in [7, 11) is 1.84. The van der Waals surface area contributed by atoms with Crippen LogP contribution in [0.5, 0.6) is 5.75 Å². The van der Waals surface area contributed by atoms with Crippen molar-refractivity contribution in [3.63, 3.8) is 0 Å². The van der Waals surface area contributed by atoms with Crippen molar-refractivity contribution >= 4 is 5.91 Å². The molecule has 0 fully saturated rings. The fourth-order valence-corrected chi connectivity index (χ4v) is 2.33. The average molecular weight is 331 g/mol. The topological polar surface area (TPSA) is 81.1 Å². The molecular weight excluding hydrogens is 306 g/mol. The summed E-state index contributed by atoms with van der Waals surface area (Å²) in [6, 6.07) is 7.61. The Morgan fingerprint density at radius 3 is 2.54 bits per heavy atom. The molecule has 0 aliphatic heterocycles. The third-order valence-electron chi connectivity index (χ3n) is 3.43. The van der Waals surface area contributed by atoms with Crippen molar-refractivity contribution in [3.8, 4) is 11.4 Å². The molecule has 130 valence electrons. The summed E-state index contributed by atoms with van der Waals surface area (Å²) >= 11 is 0. The normalized spacial score (nSPS) is 10.9. The van der Waals surface area contributed by atoms with Crippen LogP contribution >= 0.6 is 0 Å². The van der Waals surface area contributed by atoms with E-state index in [2.05, 4.69) is 20.9 Å². The van der Waals surface area contributed by atoms with Gasteiger partial charge >= 0.3 is 0 Å². The van der Waals surface area contributed by atoms with Crippen molar-refractivity contribution in [2.45, 2.75) is 33.3 Å². The first kappa shape index (κ1) is 17.9. The zero-order valence-corrected chi connectivity index (χ0v) is 14.7. The fraction of sp³-hybridized carbons (Fsp3) is 0.471. The smallest absolute Gasteiger partial charge is 0.273 e. The van der Waals surface area contributed by atoms with E-state index in [9.17, 15) is 4.79 Å². The maximum atomic E-state index is 12.2. The van der Waals surface area contributed by atoms with Gasteiger partial charge in [-0.1, -0.05) is 12.1 Å². The van der Waals surface area contributed by atoms with Gasteiger partial charge in [-0.05, 0) is 51.6 Å². The molecule has 2 N–H and O–H groups in total. The lowest BCUT2D eigenvalue weighted by Crippen LogP contribution is -2.31. The third-order valence-corrected chi connectivity index (χ3v) is 3.43. The molecule has 0 bridgehead atoms. The lowest BCUT2D eigenvalue weighted by Gasteiger charge is -2.11. The molecule has 0 saturated carbocycles. The summed E-state index contributed by atoms with van der Waals surface area (Å²) in [5.74, 6) is 0.602. The number of nitrogens with one attached hydrogen (secondary N) is 2. The van der Waals surface area contributed by atoms with Gasteiger partial charge in [0.1, 0.15) is 5.75 Å².